The maximum Gasteiger partial charge on any atom is 0.256 e. The number of aryl methyl sites for hydroxylation is 2. The molecule has 1 aromatic heterocycles. The second kappa shape index (κ2) is 6.69. The summed E-state index contributed by atoms with van der Waals surface area (Å²) in [6.45, 7) is 9.97. The first kappa shape index (κ1) is 15.3. The molecule has 1 saturated heterocycles. The molecule has 1 fully saturated rings. The Labute approximate surface area is 132 Å². The van der Waals surface area contributed by atoms with Gasteiger partial charge in [-0.2, -0.15) is 5.10 Å². The number of nitrogens with zero attached hydrogens (tertiary/aromatic N) is 3. The number of piperidine rings is 1. The fraction of sp³-hybridized carbons (Fsp3) is 0.750. The van der Waals surface area contributed by atoms with E-state index in [9.17, 15) is 4.79 Å². The van der Waals surface area contributed by atoms with Crippen LogP contribution < -0.4 is 10.6 Å². The Balaban J connectivity index is 1.55. The predicted octanol–water partition coefficient (Wildman–Crippen LogP) is 1.47. The van der Waals surface area contributed by atoms with E-state index in [1.807, 2.05) is 11.6 Å². The lowest BCUT2D eigenvalue weighted by molar-refractivity contribution is 0.0944. The zero-order chi connectivity index (χ0) is 15.5. The van der Waals surface area contributed by atoms with Crippen molar-refractivity contribution >= 4 is 11.7 Å². The van der Waals surface area contributed by atoms with Crippen LogP contribution in [0.25, 0.3) is 0 Å². The number of fused-ring (bicyclic) bond motifs is 1. The zero-order valence-electron chi connectivity index (χ0n) is 13.7. The van der Waals surface area contributed by atoms with Crippen LogP contribution in [0.15, 0.2) is 0 Å². The molecule has 6 nitrogen and oxygen atoms in total. The van der Waals surface area contributed by atoms with Gasteiger partial charge in [-0.25, -0.2) is 4.68 Å². The molecule has 0 spiro atoms. The predicted molar refractivity (Wildman–Crippen MR) is 87.2 cm³/mol. The number of hydrogen-bond acceptors (Lipinski definition) is 4. The smallest absolute Gasteiger partial charge is 0.256 e. The quantitative estimate of drug-likeness (QED) is 0.884. The van der Waals surface area contributed by atoms with Crippen LogP contribution in [-0.4, -0.2) is 53.3 Å². The van der Waals surface area contributed by atoms with Crippen molar-refractivity contribution in [3.05, 3.63) is 11.3 Å². The number of nitrogens with one attached hydrogen (secondary N) is 2. The lowest BCUT2D eigenvalue weighted by Crippen LogP contribution is -2.40. The van der Waals surface area contributed by atoms with Crippen LogP contribution in [0, 0.1) is 12.8 Å². The number of aromatic nitrogens is 2. The molecule has 0 radical (unpaired) electrons. The molecular formula is C16H27N5O. The van der Waals surface area contributed by atoms with E-state index in [0.29, 0.717) is 12.1 Å². The third-order valence-corrected chi connectivity index (χ3v) is 4.65. The molecule has 2 N–H and O–H groups in total. The molecule has 0 saturated carbocycles. The number of hydrogen-bond donors (Lipinski definition) is 2. The maximum atomic E-state index is 12.5. The van der Waals surface area contributed by atoms with Gasteiger partial charge in [-0.3, -0.25) is 4.79 Å². The van der Waals surface area contributed by atoms with Gasteiger partial charge in [-0.1, -0.05) is 6.92 Å². The molecular weight excluding hydrogens is 278 g/mol. The number of anilines is 1. The van der Waals surface area contributed by atoms with Crippen molar-refractivity contribution in [2.24, 2.45) is 5.92 Å². The van der Waals surface area contributed by atoms with E-state index in [4.69, 9.17) is 0 Å². The third-order valence-electron chi connectivity index (χ3n) is 4.65. The average Bonchev–Trinajstić information content (AvgIpc) is 2.83. The van der Waals surface area contributed by atoms with E-state index in [2.05, 4.69) is 27.6 Å². The second-order valence-corrected chi connectivity index (χ2v) is 6.62. The van der Waals surface area contributed by atoms with Crippen LogP contribution in [-0.2, 0) is 6.54 Å². The van der Waals surface area contributed by atoms with E-state index >= 15 is 0 Å². The van der Waals surface area contributed by atoms with Crippen LogP contribution in [0.4, 0.5) is 5.82 Å². The SMILES string of the molecule is Cc1nn2c(c1C(=O)NCCN1CCCC(C)C1)NCCC2. The topological polar surface area (TPSA) is 62.2 Å². The Bertz CT molecular complexity index is 539. The van der Waals surface area contributed by atoms with Gasteiger partial charge < -0.3 is 15.5 Å². The lowest BCUT2D eigenvalue weighted by Gasteiger charge is -2.30. The molecule has 1 atom stereocenters. The van der Waals surface area contributed by atoms with Crippen molar-refractivity contribution in [3.63, 3.8) is 0 Å². The Morgan fingerprint density at radius 2 is 2.27 bits per heavy atom. The zero-order valence-corrected chi connectivity index (χ0v) is 13.7. The van der Waals surface area contributed by atoms with E-state index in [-0.39, 0.29) is 5.91 Å². The van der Waals surface area contributed by atoms with Crippen molar-refractivity contribution in [1.82, 2.24) is 20.0 Å². The molecule has 22 heavy (non-hydrogen) atoms. The van der Waals surface area contributed by atoms with E-state index < -0.39 is 0 Å². The summed E-state index contributed by atoms with van der Waals surface area (Å²) in [4.78, 5) is 14.9. The molecule has 1 unspecified atom stereocenters. The molecule has 3 rings (SSSR count). The van der Waals surface area contributed by atoms with Gasteiger partial charge in [0.25, 0.3) is 5.91 Å². The van der Waals surface area contributed by atoms with Gasteiger partial charge in [0.15, 0.2) is 0 Å². The molecule has 0 bridgehead atoms. The van der Waals surface area contributed by atoms with E-state index in [1.165, 1.54) is 12.8 Å². The van der Waals surface area contributed by atoms with Crippen LogP contribution in [0.2, 0.25) is 0 Å². The van der Waals surface area contributed by atoms with Crippen molar-refractivity contribution in [1.29, 1.82) is 0 Å². The van der Waals surface area contributed by atoms with Crippen LogP contribution in [0.3, 0.4) is 0 Å². The molecule has 0 aliphatic carbocycles. The van der Waals surface area contributed by atoms with Crippen molar-refractivity contribution in [2.75, 3.05) is 38.0 Å². The highest BCUT2D eigenvalue weighted by molar-refractivity contribution is 6.00. The first-order valence-electron chi connectivity index (χ1n) is 8.47. The number of likely N-dealkylation sites (tertiary alicyclic amines) is 1. The number of carbonyl (C=O) groups excluding carboxylic acids is 1. The molecule has 3 heterocycles. The maximum absolute atomic E-state index is 12.5. The number of amides is 1. The van der Waals surface area contributed by atoms with Gasteiger partial charge in [0, 0.05) is 32.7 Å². The van der Waals surface area contributed by atoms with Gasteiger partial charge in [0.05, 0.1) is 5.69 Å². The molecule has 1 amide bonds. The summed E-state index contributed by atoms with van der Waals surface area (Å²) < 4.78 is 1.92. The number of carbonyl (C=O) groups is 1. The standard InChI is InChI=1S/C16H27N5O/c1-12-5-3-8-20(11-12)10-7-18-16(22)14-13(2)19-21-9-4-6-17-15(14)21/h12,17H,3-11H2,1-2H3,(H,18,22). The van der Waals surface area contributed by atoms with Gasteiger partial charge in [-0.15, -0.1) is 0 Å². The minimum atomic E-state index is -0.00166. The summed E-state index contributed by atoms with van der Waals surface area (Å²) in [5, 5.41) is 10.8. The first-order valence-corrected chi connectivity index (χ1v) is 8.47. The first-order chi connectivity index (χ1) is 10.6. The Hall–Kier alpha value is -1.56. The molecule has 2 aliphatic heterocycles. The normalized spacial score (nSPS) is 22.0. The summed E-state index contributed by atoms with van der Waals surface area (Å²) in [6, 6.07) is 0. The molecule has 2 aliphatic rings. The summed E-state index contributed by atoms with van der Waals surface area (Å²) in [7, 11) is 0. The summed E-state index contributed by atoms with van der Waals surface area (Å²) in [5.41, 5.74) is 1.53. The van der Waals surface area contributed by atoms with Gasteiger partial charge in [-0.05, 0) is 38.6 Å². The fourth-order valence-electron chi connectivity index (χ4n) is 3.54. The third kappa shape index (κ3) is 3.27. The van der Waals surface area contributed by atoms with Crippen molar-refractivity contribution in [2.45, 2.75) is 39.7 Å². The highest BCUT2D eigenvalue weighted by Crippen LogP contribution is 2.22. The fourth-order valence-corrected chi connectivity index (χ4v) is 3.54. The van der Waals surface area contributed by atoms with Crippen LogP contribution >= 0.6 is 0 Å². The second-order valence-electron chi connectivity index (χ2n) is 6.62. The minimum absolute atomic E-state index is 0.00166. The average molecular weight is 305 g/mol. The monoisotopic (exact) mass is 305 g/mol. The Morgan fingerprint density at radius 3 is 3.09 bits per heavy atom. The summed E-state index contributed by atoms with van der Waals surface area (Å²) >= 11 is 0. The highest BCUT2D eigenvalue weighted by atomic mass is 16.1. The highest BCUT2D eigenvalue weighted by Gasteiger charge is 2.23. The van der Waals surface area contributed by atoms with Gasteiger partial charge in [0.2, 0.25) is 0 Å². The van der Waals surface area contributed by atoms with Crippen molar-refractivity contribution < 1.29 is 4.79 Å². The van der Waals surface area contributed by atoms with Crippen LogP contribution in [0.5, 0.6) is 0 Å². The van der Waals surface area contributed by atoms with Gasteiger partial charge in [0.1, 0.15) is 11.4 Å². The molecule has 0 aromatic carbocycles. The largest absolute Gasteiger partial charge is 0.370 e. The van der Waals surface area contributed by atoms with Crippen molar-refractivity contribution in [3.8, 4) is 0 Å². The van der Waals surface area contributed by atoms with Crippen LogP contribution in [0.1, 0.15) is 42.2 Å². The Morgan fingerprint density at radius 1 is 1.41 bits per heavy atom. The van der Waals surface area contributed by atoms with Gasteiger partial charge >= 0.3 is 0 Å². The Kier molecular flexibility index (Phi) is 4.66. The lowest BCUT2D eigenvalue weighted by atomic mass is 10.0. The summed E-state index contributed by atoms with van der Waals surface area (Å²) in [6.07, 6.45) is 3.66. The molecule has 6 heteroatoms. The molecule has 122 valence electrons. The number of rotatable bonds is 4. The summed E-state index contributed by atoms with van der Waals surface area (Å²) in [5.74, 6) is 1.66. The minimum Gasteiger partial charge on any atom is -0.370 e. The molecule has 1 aromatic rings. The van der Waals surface area contributed by atoms with E-state index in [0.717, 1.165) is 56.6 Å². The van der Waals surface area contributed by atoms with E-state index in [1.54, 1.807) is 0 Å².